The molecule has 5 aliphatic rings. The minimum atomic E-state index is -2.67. The molecule has 28 heteroatoms. The van der Waals surface area contributed by atoms with Gasteiger partial charge in [-0.1, -0.05) is 98.9 Å². The van der Waals surface area contributed by atoms with Gasteiger partial charge in [0.05, 0.1) is 106 Å². The molecule has 0 aromatic carbocycles. The first-order valence-electron chi connectivity index (χ1n) is 29.7. The van der Waals surface area contributed by atoms with Crippen molar-refractivity contribution in [3.05, 3.63) is 85.1 Å². The Kier molecular flexibility index (Phi) is 30.0. The number of ether oxygens (including phenoxy) is 8. The highest BCUT2D eigenvalue weighted by molar-refractivity contribution is 5.74. The van der Waals surface area contributed by atoms with Crippen molar-refractivity contribution in [1.82, 2.24) is 5.32 Å². The van der Waals surface area contributed by atoms with Gasteiger partial charge in [-0.05, 0) is 33.1 Å². The number of carbonyl (C=O) groups excluding carboxylic acids is 2. The number of hydrogen-bond donors (Lipinski definition) is 18. The largest absolute Gasteiger partial charge is 0.469 e. The maximum Gasteiger partial charge on any atom is 0.313 e. The number of allylic oxidation sites excluding steroid dienone is 12. The highest BCUT2D eigenvalue weighted by Crippen LogP contribution is 2.39. The summed E-state index contributed by atoms with van der Waals surface area (Å²) in [5, 5.41) is 189. The van der Waals surface area contributed by atoms with E-state index in [-0.39, 0.29) is 25.2 Å². The first-order valence-corrected chi connectivity index (χ1v) is 29.7. The van der Waals surface area contributed by atoms with Crippen LogP contribution in [0.1, 0.15) is 79.1 Å². The summed E-state index contributed by atoms with van der Waals surface area (Å²) in [6.07, 6.45) is -14.0. The lowest BCUT2D eigenvalue weighted by Crippen LogP contribution is -2.70. The molecule has 5 heterocycles. The average molecular weight is 1260 g/mol. The summed E-state index contributed by atoms with van der Waals surface area (Å²) >= 11 is 0. The number of nitrogens with one attached hydrogen (secondary N) is 1. The normalized spacial score (nSPS) is 44.7. The van der Waals surface area contributed by atoms with E-state index in [2.05, 4.69) is 5.32 Å². The van der Waals surface area contributed by atoms with Crippen molar-refractivity contribution in [1.29, 1.82) is 0 Å². The quantitative estimate of drug-likeness (QED) is 0.0980. The first kappa shape index (κ1) is 74.9. The number of methoxy groups -OCH3 is 1. The van der Waals surface area contributed by atoms with Crippen LogP contribution in [0.15, 0.2) is 85.1 Å². The number of aliphatic hydroxyl groups excluding tert-OH is 15. The van der Waals surface area contributed by atoms with Crippen LogP contribution in [-0.2, 0) is 47.5 Å². The average Bonchev–Trinajstić information content (AvgIpc) is 1.79. The Balaban J connectivity index is 1.38. The van der Waals surface area contributed by atoms with Gasteiger partial charge in [0.1, 0.15) is 60.9 Å². The summed E-state index contributed by atoms with van der Waals surface area (Å²) in [5.41, 5.74) is 0. The maximum absolute atomic E-state index is 13.4. The predicted molar refractivity (Wildman–Crippen MR) is 307 cm³/mol. The lowest BCUT2D eigenvalue weighted by atomic mass is 9.82. The lowest BCUT2D eigenvalue weighted by Gasteiger charge is -2.48. The smallest absolute Gasteiger partial charge is 0.313 e. The van der Waals surface area contributed by atoms with Gasteiger partial charge >= 0.3 is 11.9 Å². The Morgan fingerprint density at radius 3 is 1.83 bits per heavy atom. The second-order valence-corrected chi connectivity index (χ2v) is 23.5. The molecule has 502 valence electrons. The van der Waals surface area contributed by atoms with Gasteiger partial charge in [-0.2, -0.15) is 0 Å². The Hall–Kier alpha value is -3.84. The molecule has 4 saturated heterocycles. The zero-order valence-corrected chi connectivity index (χ0v) is 50.1. The van der Waals surface area contributed by atoms with Crippen molar-refractivity contribution in [3.8, 4) is 0 Å². The molecule has 88 heavy (non-hydrogen) atoms. The third-order valence-electron chi connectivity index (χ3n) is 16.5. The highest BCUT2D eigenvalue weighted by Gasteiger charge is 2.55. The van der Waals surface area contributed by atoms with Gasteiger partial charge in [0.15, 0.2) is 18.4 Å². The van der Waals surface area contributed by atoms with E-state index in [1.165, 1.54) is 19.1 Å². The molecule has 28 nitrogen and oxygen atoms in total. The molecule has 0 aromatic heterocycles. The maximum atomic E-state index is 13.4. The molecule has 0 saturated carbocycles. The van der Waals surface area contributed by atoms with Gasteiger partial charge in [0.25, 0.3) is 0 Å². The molecule has 0 amide bonds. The van der Waals surface area contributed by atoms with Crippen molar-refractivity contribution in [3.63, 3.8) is 0 Å². The summed E-state index contributed by atoms with van der Waals surface area (Å²) in [5.74, 6) is -9.14. The number of aliphatic hydroxyl groups is 17. The van der Waals surface area contributed by atoms with E-state index in [9.17, 15) is 96.4 Å². The Morgan fingerprint density at radius 1 is 0.614 bits per heavy atom. The van der Waals surface area contributed by atoms with E-state index < -0.39 is 228 Å². The van der Waals surface area contributed by atoms with Gasteiger partial charge in [0, 0.05) is 37.5 Å². The van der Waals surface area contributed by atoms with Gasteiger partial charge in [-0.15, -0.1) is 0 Å². The van der Waals surface area contributed by atoms with Crippen LogP contribution < -0.4 is 5.32 Å². The monoisotopic (exact) mass is 1260 g/mol. The number of fused-ring (bicyclic) bond motifs is 2. The van der Waals surface area contributed by atoms with Gasteiger partial charge in [0.2, 0.25) is 5.79 Å². The molecule has 18 N–H and O–H groups in total. The molecule has 5 aliphatic heterocycles. The lowest BCUT2D eigenvalue weighted by molar-refractivity contribution is -0.368. The van der Waals surface area contributed by atoms with Crippen LogP contribution in [-0.4, -0.2) is 278 Å². The highest BCUT2D eigenvalue weighted by atomic mass is 16.7. The van der Waals surface area contributed by atoms with Crippen LogP contribution in [0, 0.1) is 17.8 Å². The number of esters is 2. The van der Waals surface area contributed by atoms with Gasteiger partial charge < -0.3 is 130 Å². The van der Waals surface area contributed by atoms with E-state index in [0.29, 0.717) is 0 Å². The van der Waals surface area contributed by atoms with Crippen molar-refractivity contribution in [2.45, 2.75) is 231 Å². The Labute approximate surface area is 511 Å². The topological polar surface area (TPSA) is 464 Å². The summed E-state index contributed by atoms with van der Waals surface area (Å²) in [6.45, 7) is 4.26. The summed E-state index contributed by atoms with van der Waals surface area (Å²) in [4.78, 5) is 26.1. The third-order valence-corrected chi connectivity index (χ3v) is 16.5. The Morgan fingerprint density at radius 2 is 1.22 bits per heavy atom. The fraction of sp³-hybridized carbons (Fsp3) is 0.733. The van der Waals surface area contributed by atoms with Gasteiger partial charge in [-0.25, -0.2) is 0 Å². The standard InChI is InChI=1S/C60H95NO27/c1-31-18-16-14-12-10-8-6-7-9-11-13-15-17-19-38(85-57-51(74)47(49(72)34(4)84-57)61-30-60(80)55(77)54(42(69)29-82-60)87-58-53(76)52(75)50(73)44(28-62)86-58)25-43-46(56(78)81-5)41(68)27-59(79,88-43)26-37(65)23-40(67)39(66)21-20-35(63)22-36(64)24-45(70)83-33(3)32(2)48(31)71/h6-19,31-44,46-55,57-58,61-69,71-77,79-80H,20-30H2,1-5H3/t31-,32?,33-,34+,35+,36+,37-,38-,39+,40+,41-,42+,43?,44+,46?,47-,48+,49+,50+,51-,52-,53+,54+,55-,57?,58-,59+,60+/m0/s1. The van der Waals surface area contributed by atoms with Crippen LogP contribution in [0.5, 0.6) is 0 Å². The summed E-state index contributed by atoms with van der Waals surface area (Å²) < 4.78 is 45.3. The molecule has 0 radical (unpaired) electrons. The minimum Gasteiger partial charge on any atom is -0.469 e. The third kappa shape index (κ3) is 21.4. The number of carbonyl (C=O) groups is 2. The molecule has 0 spiro atoms. The second-order valence-electron chi connectivity index (χ2n) is 23.5. The van der Waals surface area contributed by atoms with Crippen molar-refractivity contribution < 1.29 is 134 Å². The van der Waals surface area contributed by atoms with Crippen molar-refractivity contribution in [2.24, 2.45) is 17.8 Å². The summed E-state index contributed by atoms with van der Waals surface area (Å²) in [6, 6.07) is -1.47. The zero-order chi connectivity index (χ0) is 65.2. The van der Waals surface area contributed by atoms with Crippen molar-refractivity contribution in [2.75, 3.05) is 26.9 Å². The van der Waals surface area contributed by atoms with Crippen LogP contribution in [0.4, 0.5) is 0 Å². The molecular weight excluding hydrogens is 1170 g/mol. The first-order chi connectivity index (χ1) is 41.5. The SMILES string of the molecule is COC(=O)C1C2C[C@@H](OC3O[C@H](C)[C@@H](O)[C@H](NC[C@@]4(O)OC[C@@H](O)[C@@H](O[C@@H]5O[C@H](CO)[C@@H](O)[C@H](O)[C@H]5O)[C@@H]4O)[C@@H]3O)C=CC=CC=CC=CC=CC=CC=C[C@H](C)[C@@H](O)C(C)[C@H](C)OC(=O)C[C@H](O)C[C@H](O)CC[C@@H](O)[C@H](O)C[C@H](O)C[C@](O)(C[C@@H]1O)O2. The van der Waals surface area contributed by atoms with E-state index in [4.69, 9.17) is 37.9 Å². The fourth-order valence-electron chi connectivity index (χ4n) is 11.1. The predicted octanol–water partition coefficient (Wildman–Crippen LogP) is -3.94. The molecular formula is C60H95NO27. The number of cyclic esters (lactones) is 1. The van der Waals surface area contributed by atoms with E-state index in [0.717, 1.165) is 7.11 Å². The zero-order valence-electron chi connectivity index (χ0n) is 50.1. The second kappa shape index (κ2) is 35.3. The molecule has 4 unspecified atom stereocenters. The molecule has 0 aliphatic carbocycles. The summed E-state index contributed by atoms with van der Waals surface area (Å²) in [7, 11) is 1.06. The van der Waals surface area contributed by atoms with Crippen LogP contribution in [0.3, 0.4) is 0 Å². The van der Waals surface area contributed by atoms with Crippen LogP contribution in [0.2, 0.25) is 0 Å². The fourth-order valence-corrected chi connectivity index (χ4v) is 11.1. The van der Waals surface area contributed by atoms with E-state index in [1.54, 1.807) is 86.8 Å². The van der Waals surface area contributed by atoms with Crippen LogP contribution in [0.25, 0.3) is 0 Å². The van der Waals surface area contributed by atoms with E-state index >= 15 is 0 Å². The van der Waals surface area contributed by atoms with Crippen LogP contribution >= 0.6 is 0 Å². The minimum absolute atomic E-state index is 0.155. The van der Waals surface area contributed by atoms with Crippen molar-refractivity contribution >= 4 is 11.9 Å². The Bertz CT molecular complexity index is 2340. The molecule has 28 atom stereocenters. The molecule has 5 rings (SSSR count). The molecule has 2 bridgehead atoms. The van der Waals surface area contributed by atoms with E-state index in [1.807, 2.05) is 6.92 Å². The number of hydrogen-bond acceptors (Lipinski definition) is 28. The molecule has 4 fully saturated rings. The van der Waals surface area contributed by atoms with Gasteiger partial charge in [-0.3, -0.25) is 9.59 Å². The molecule has 0 aromatic rings. The number of rotatable bonds is 9.